The molecule has 1 atom stereocenters. The summed E-state index contributed by atoms with van der Waals surface area (Å²) >= 11 is 1.93. The van der Waals surface area contributed by atoms with Crippen LogP contribution in [0.1, 0.15) is 33.6 Å². The van der Waals surface area contributed by atoms with E-state index in [-0.39, 0.29) is 0 Å². The lowest BCUT2D eigenvalue weighted by molar-refractivity contribution is 0.271. The predicted molar refractivity (Wildman–Crippen MR) is 72.8 cm³/mol. The second-order valence-corrected chi connectivity index (χ2v) is 5.51. The Kier molecular flexibility index (Phi) is 9.66. The summed E-state index contributed by atoms with van der Waals surface area (Å²) in [5, 5.41) is 3.45. The van der Waals surface area contributed by atoms with Gasteiger partial charge in [-0.05, 0) is 46.2 Å². The minimum Gasteiger partial charge on any atom is -0.315 e. The topological polar surface area (TPSA) is 15.3 Å². The van der Waals surface area contributed by atoms with Crippen LogP contribution in [0, 0.1) is 0 Å². The van der Waals surface area contributed by atoms with Gasteiger partial charge in [0.05, 0.1) is 0 Å². The van der Waals surface area contributed by atoms with E-state index < -0.39 is 0 Å². The van der Waals surface area contributed by atoms with Crippen LogP contribution >= 0.6 is 11.8 Å². The summed E-state index contributed by atoms with van der Waals surface area (Å²) in [6.07, 6.45) is 4.76. The molecule has 92 valence electrons. The molecule has 0 fully saturated rings. The van der Waals surface area contributed by atoms with Crippen LogP contribution in [0.2, 0.25) is 0 Å². The third-order valence-electron chi connectivity index (χ3n) is 2.65. The van der Waals surface area contributed by atoms with Crippen molar-refractivity contribution in [2.75, 3.05) is 32.1 Å². The predicted octanol–water partition coefficient (Wildman–Crippen LogP) is 2.45. The maximum atomic E-state index is 3.45. The lowest BCUT2D eigenvalue weighted by Gasteiger charge is -2.23. The minimum absolute atomic E-state index is 0.623. The SMILES string of the molecule is CSCC(C)N(C)CCCCNC(C)C. The van der Waals surface area contributed by atoms with Crippen molar-refractivity contribution in [3.8, 4) is 0 Å². The normalized spacial score (nSPS) is 13.8. The highest BCUT2D eigenvalue weighted by Gasteiger charge is 2.07. The molecule has 0 aromatic carbocycles. The van der Waals surface area contributed by atoms with Gasteiger partial charge in [-0.3, -0.25) is 0 Å². The van der Waals surface area contributed by atoms with Gasteiger partial charge in [0.25, 0.3) is 0 Å². The monoisotopic (exact) mass is 232 g/mol. The molecule has 0 heterocycles. The maximum Gasteiger partial charge on any atom is 0.0154 e. The summed E-state index contributed by atoms with van der Waals surface area (Å²) in [5.74, 6) is 1.24. The van der Waals surface area contributed by atoms with Crippen LogP contribution in [0.15, 0.2) is 0 Å². The zero-order chi connectivity index (χ0) is 11.7. The van der Waals surface area contributed by atoms with Crippen LogP contribution in [0.5, 0.6) is 0 Å². The van der Waals surface area contributed by atoms with Crippen molar-refractivity contribution < 1.29 is 0 Å². The first-order valence-corrected chi connectivity index (χ1v) is 7.39. The Morgan fingerprint density at radius 3 is 2.40 bits per heavy atom. The van der Waals surface area contributed by atoms with E-state index in [0.29, 0.717) is 12.1 Å². The van der Waals surface area contributed by atoms with Crippen LogP contribution in [0.3, 0.4) is 0 Å². The number of unbranched alkanes of at least 4 members (excludes halogenated alkanes) is 1. The van der Waals surface area contributed by atoms with Gasteiger partial charge in [0.1, 0.15) is 0 Å². The van der Waals surface area contributed by atoms with E-state index in [1.807, 2.05) is 11.8 Å². The third kappa shape index (κ3) is 9.21. The average Bonchev–Trinajstić information content (AvgIpc) is 2.16. The Hall–Kier alpha value is 0.270. The fourth-order valence-corrected chi connectivity index (χ4v) is 2.20. The molecule has 0 aromatic rings. The summed E-state index contributed by atoms with van der Waals surface area (Å²) < 4.78 is 0. The number of hydrogen-bond donors (Lipinski definition) is 1. The Bertz CT molecular complexity index is 140. The van der Waals surface area contributed by atoms with Gasteiger partial charge < -0.3 is 10.2 Å². The number of rotatable bonds is 9. The molecule has 0 saturated carbocycles. The fraction of sp³-hybridized carbons (Fsp3) is 1.00. The van der Waals surface area contributed by atoms with Crippen LogP contribution in [0.4, 0.5) is 0 Å². The van der Waals surface area contributed by atoms with Crippen LogP contribution in [0.25, 0.3) is 0 Å². The zero-order valence-electron chi connectivity index (χ0n) is 11.0. The summed E-state index contributed by atoms with van der Waals surface area (Å²) in [4.78, 5) is 2.46. The van der Waals surface area contributed by atoms with Crippen molar-refractivity contribution in [2.45, 2.75) is 45.7 Å². The lowest BCUT2D eigenvalue weighted by atomic mass is 10.2. The largest absolute Gasteiger partial charge is 0.315 e. The molecule has 1 N–H and O–H groups in total. The molecule has 3 heteroatoms. The molecule has 0 aliphatic carbocycles. The molecule has 0 radical (unpaired) electrons. The van der Waals surface area contributed by atoms with Crippen molar-refractivity contribution >= 4 is 11.8 Å². The van der Waals surface area contributed by atoms with Crippen molar-refractivity contribution in [2.24, 2.45) is 0 Å². The molecule has 2 nitrogen and oxygen atoms in total. The second kappa shape index (κ2) is 9.49. The molecule has 0 spiro atoms. The van der Waals surface area contributed by atoms with Gasteiger partial charge in [0, 0.05) is 17.8 Å². The van der Waals surface area contributed by atoms with Crippen LogP contribution < -0.4 is 5.32 Å². The quantitative estimate of drug-likeness (QED) is 0.615. The molecule has 0 bridgehead atoms. The Labute approximate surface area is 100 Å². The van der Waals surface area contributed by atoms with Gasteiger partial charge in [0.2, 0.25) is 0 Å². The first-order valence-electron chi connectivity index (χ1n) is 6.00. The molecule has 1 unspecified atom stereocenters. The van der Waals surface area contributed by atoms with Crippen molar-refractivity contribution in [3.63, 3.8) is 0 Å². The number of thioether (sulfide) groups is 1. The lowest BCUT2D eigenvalue weighted by Crippen LogP contribution is -2.32. The number of nitrogens with one attached hydrogen (secondary N) is 1. The third-order valence-corrected chi connectivity index (χ3v) is 3.47. The van der Waals surface area contributed by atoms with Crippen LogP contribution in [-0.4, -0.2) is 49.1 Å². The Morgan fingerprint density at radius 1 is 1.20 bits per heavy atom. The molecule has 0 saturated heterocycles. The molecule has 0 aliphatic rings. The van der Waals surface area contributed by atoms with E-state index in [1.165, 1.54) is 25.1 Å². The van der Waals surface area contributed by atoms with E-state index in [2.05, 4.69) is 44.3 Å². The minimum atomic E-state index is 0.623. The highest BCUT2D eigenvalue weighted by Crippen LogP contribution is 2.04. The standard InChI is InChI=1S/C12H28N2S/c1-11(2)13-8-6-7-9-14(4)12(3)10-15-5/h11-13H,6-10H2,1-5H3. The van der Waals surface area contributed by atoms with Gasteiger partial charge in [0.15, 0.2) is 0 Å². The Balaban J connectivity index is 3.34. The van der Waals surface area contributed by atoms with Gasteiger partial charge in [-0.2, -0.15) is 11.8 Å². The maximum absolute atomic E-state index is 3.45. The van der Waals surface area contributed by atoms with E-state index >= 15 is 0 Å². The molecular weight excluding hydrogens is 204 g/mol. The summed E-state index contributed by atoms with van der Waals surface area (Å²) in [6.45, 7) is 9.09. The van der Waals surface area contributed by atoms with Gasteiger partial charge in [-0.25, -0.2) is 0 Å². The van der Waals surface area contributed by atoms with Crippen LogP contribution in [-0.2, 0) is 0 Å². The summed E-state index contributed by atoms with van der Waals surface area (Å²) in [6, 6.07) is 1.33. The molecule has 0 aliphatic heterocycles. The van der Waals surface area contributed by atoms with Crippen molar-refractivity contribution in [1.29, 1.82) is 0 Å². The van der Waals surface area contributed by atoms with Crippen molar-refractivity contribution in [1.82, 2.24) is 10.2 Å². The molecule has 15 heavy (non-hydrogen) atoms. The van der Waals surface area contributed by atoms with Gasteiger partial charge >= 0.3 is 0 Å². The highest BCUT2D eigenvalue weighted by molar-refractivity contribution is 7.98. The fourth-order valence-electron chi connectivity index (χ4n) is 1.47. The van der Waals surface area contributed by atoms with E-state index in [1.54, 1.807) is 0 Å². The van der Waals surface area contributed by atoms with E-state index in [9.17, 15) is 0 Å². The Morgan fingerprint density at radius 2 is 1.87 bits per heavy atom. The van der Waals surface area contributed by atoms with E-state index in [4.69, 9.17) is 0 Å². The molecule has 0 rings (SSSR count). The molecular formula is C12H28N2S. The summed E-state index contributed by atoms with van der Waals surface area (Å²) in [7, 11) is 2.23. The highest BCUT2D eigenvalue weighted by atomic mass is 32.2. The second-order valence-electron chi connectivity index (χ2n) is 4.60. The van der Waals surface area contributed by atoms with E-state index in [0.717, 1.165) is 6.54 Å². The molecule has 0 amide bonds. The smallest absolute Gasteiger partial charge is 0.0154 e. The first-order chi connectivity index (χ1) is 7.07. The zero-order valence-corrected chi connectivity index (χ0v) is 11.9. The van der Waals surface area contributed by atoms with Crippen molar-refractivity contribution in [3.05, 3.63) is 0 Å². The average molecular weight is 232 g/mol. The summed E-state index contributed by atoms with van der Waals surface area (Å²) in [5.41, 5.74) is 0. The van der Waals surface area contributed by atoms with Gasteiger partial charge in [-0.1, -0.05) is 13.8 Å². The number of hydrogen-bond acceptors (Lipinski definition) is 3. The number of nitrogens with zero attached hydrogens (tertiary/aromatic N) is 1. The molecule has 0 aromatic heterocycles. The first kappa shape index (κ1) is 15.3. The van der Waals surface area contributed by atoms with Gasteiger partial charge in [-0.15, -0.1) is 0 Å².